The molecule has 26 heavy (non-hydrogen) atoms. The van der Waals surface area contributed by atoms with Gasteiger partial charge in [0, 0.05) is 10.5 Å². The molecule has 0 fully saturated rings. The maximum Gasteiger partial charge on any atom is 0.337 e. The van der Waals surface area contributed by atoms with Crippen LogP contribution >= 0.6 is 67.8 Å². The van der Waals surface area contributed by atoms with E-state index in [2.05, 4.69) is 10.6 Å². The molecule has 0 atom stereocenters. The second-order valence-electron chi connectivity index (χ2n) is 5.26. The molecule has 0 aromatic heterocycles. The van der Waals surface area contributed by atoms with E-state index >= 15 is 0 Å². The molecule has 0 aliphatic rings. The van der Waals surface area contributed by atoms with Crippen LogP contribution in [0.1, 0.15) is 27.6 Å². The number of rotatable bonds is 7. The van der Waals surface area contributed by atoms with E-state index in [0.29, 0.717) is 0 Å². The third-order valence-electron chi connectivity index (χ3n) is 3.35. The quantitative estimate of drug-likeness (QED) is 0.227. The molecule has 2 amide bonds. The number of hydrogen-bond acceptors (Lipinski definition) is 6. The van der Waals surface area contributed by atoms with Gasteiger partial charge in [-0.1, -0.05) is 0 Å². The first-order chi connectivity index (χ1) is 12.0. The predicted octanol–water partition coefficient (Wildman–Crippen LogP) is 0.603. The van der Waals surface area contributed by atoms with Crippen LogP contribution in [0.4, 0.5) is 5.69 Å². The van der Waals surface area contributed by atoms with Gasteiger partial charge in [-0.15, -0.1) is 0 Å². The zero-order valence-corrected chi connectivity index (χ0v) is 19.7. The first kappa shape index (κ1) is 23.7. The molecule has 0 unspecified atom stereocenters. The molecular weight excluding hydrogens is 689 g/mol. The maximum absolute atomic E-state index is 12.7. The third-order valence-corrected chi connectivity index (χ3v) is 6.58. The van der Waals surface area contributed by atoms with Crippen LogP contribution in [-0.4, -0.2) is 63.6 Å². The van der Waals surface area contributed by atoms with Crippen molar-refractivity contribution in [1.82, 2.24) is 5.32 Å². The lowest BCUT2D eigenvalue weighted by Crippen LogP contribution is -2.57. The van der Waals surface area contributed by atoms with E-state index in [1.807, 2.05) is 0 Å². The summed E-state index contributed by atoms with van der Waals surface area (Å²) in [7, 11) is 0. The lowest BCUT2D eigenvalue weighted by atomic mass is 10.0. The summed E-state index contributed by atoms with van der Waals surface area (Å²) in [5, 5.41) is 42.5. The van der Waals surface area contributed by atoms with E-state index in [0.717, 1.165) is 0 Å². The number of nitrogens with one attached hydrogen (secondary N) is 2. The molecule has 144 valence electrons. The lowest BCUT2D eigenvalue weighted by Gasteiger charge is -2.29. The van der Waals surface area contributed by atoms with Gasteiger partial charge in [-0.2, -0.15) is 0 Å². The smallest absolute Gasteiger partial charge is 0.337 e. The summed E-state index contributed by atoms with van der Waals surface area (Å²) in [6.07, 6.45) is 0. The van der Waals surface area contributed by atoms with Crippen molar-refractivity contribution in [2.24, 2.45) is 0 Å². The van der Waals surface area contributed by atoms with Gasteiger partial charge >= 0.3 is 5.97 Å². The van der Waals surface area contributed by atoms with Gasteiger partial charge in [0.25, 0.3) is 5.91 Å². The van der Waals surface area contributed by atoms with Gasteiger partial charge in [0.1, 0.15) is 5.54 Å². The molecule has 0 radical (unpaired) electrons. The van der Waals surface area contributed by atoms with Crippen molar-refractivity contribution in [2.45, 2.75) is 12.5 Å². The first-order valence-electron chi connectivity index (χ1n) is 6.91. The summed E-state index contributed by atoms with van der Waals surface area (Å²) < 4.78 is 0.670. The molecule has 1 rings (SSSR count). The number of carbonyl (C=O) groups excluding carboxylic acids is 2. The number of aliphatic hydroxyl groups is 3. The molecule has 1 aromatic rings. The van der Waals surface area contributed by atoms with Crippen LogP contribution in [0.25, 0.3) is 0 Å². The minimum absolute atomic E-state index is 0.0486. The van der Waals surface area contributed by atoms with E-state index in [1.54, 1.807) is 67.8 Å². The molecule has 0 heterocycles. The molecular formula is C14H15I3N2O7. The van der Waals surface area contributed by atoms with Crippen LogP contribution in [0.15, 0.2) is 0 Å². The Labute approximate surface area is 189 Å². The average molecular weight is 704 g/mol. The highest BCUT2D eigenvalue weighted by Crippen LogP contribution is 2.36. The van der Waals surface area contributed by atoms with Crippen LogP contribution in [0.5, 0.6) is 0 Å². The summed E-state index contributed by atoms with van der Waals surface area (Å²) in [5.41, 5.74) is -1.72. The number of aliphatic hydroxyl groups excluding tert-OH is 3. The topological polar surface area (TPSA) is 156 Å². The number of hydrogen-bond donors (Lipinski definition) is 6. The number of carboxylic acids is 1. The fourth-order valence-corrected chi connectivity index (χ4v) is 6.30. The van der Waals surface area contributed by atoms with Crippen molar-refractivity contribution >= 4 is 91.2 Å². The van der Waals surface area contributed by atoms with Crippen LogP contribution in [-0.2, 0) is 4.79 Å². The minimum Gasteiger partial charge on any atom is -0.478 e. The number of carboxylic acid groups (broad SMARTS) is 1. The van der Waals surface area contributed by atoms with E-state index in [1.165, 1.54) is 6.92 Å². The SMILES string of the molecule is CC(=O)Nc1c(I)c(C(=O)O)c(I)c(C(=O)NC(CO)(CO)CO)c1I. The number of anilines is 1. The van der Waals surface area contributed by atoms with E-state index in [9.17, 15) is 34.8 Å². The van der Waals surface area contributed by atoms with Gasteiger partial charge in [-0.3, -0.25) is 9.59 Å². The zero-order chi connectivity index (χ0) is 20.2. The highest BCUT2D eigenvalue weighted by atomic mass is 127. The summed E-state index contributed by atoms with van der Waals surface area (Å²) >= 11 is 5.29. The van der Waals surface area contributed by atoms with E-state index in [4.69, 9.17) is 0 Å². The van der Waals surface area contributed by atoms with Gasteiger partial charge < -0.3 is 31.1 Å². The van der Waals surface area contributed by atoms with Crippen LogP contribution in [0.2, 0.25) is 0 Å². The lowest BCUT2D eigenvalue weighted by molar-refractivity contribution is -0.114. The Morgan fingerprint density at radius 1 is 0.923 bits per heavy atom. The molecule has 0 spiro atoms. The number of benzene rings is 1. The number of halogens is 3. The predicted molar refractivity (Wildman–Crippen MR) is 117 cm³/mol. The highest BCUT2D eigenvalue weighted by molar-refractivity contribution is 14.1. The molecule has 6 N–H and O–H groups in total. The second kappa shape index (κ2) is 9.76. The Balaban J connectivity index is 3.64. The minimum atomic E-state index is -1.68. The van der Waals surface area contributed by atoms with Gasteiger partial charge in [-0.25, -0.2) is 4.79 Å². The molecule has 0 saturated carbocycles. The summed E-state index contributed by atoms with van der Waals surface area (Å²) in [6.45, 7) is -0.937. The van der Waals surface area contributed by atoms with Gasteiger partial charge in [0.05, 0.1) is 43.8 Å². The Morgan fingerprint density at radius 2 is 1.38 bits per heavy atom. The van der Waals surface area contributed by atoms with Crippen LogP contribution < -0.4 is 10.6 Å². The van der Waals surface area contributed by atoms with Crippen LogP contribution in [0.3, 0.4) is 0 Å². The van der Waals surface area contributed by atoms with Crippen molar-refractivity contribution < 1.29 is 34.8 Å². The highest BCUT2D eigenvalue weighted by Gasteiger charge is 2.34. The largest absolute Gasteiger partial charge is 0.478 e. The Kier molecular flexibility index (Phi) is 8.91. The number of carbonyl (C=O) groups is 3. The van der Waals surface area contributed by atoms with Crippen molar-refractivity contribution in [2.75, 3.05) is 25.1 Å². The standard InChI is InChI=1S/C14H15I3N2O7/c1-5(23)18-11-9(16)6(8(15)7(10(11)17)13(25)26)12(24)19-14(2-20,3-21)4-22/h20-22H,2-4H2,1H3,(H,18,23)(H,19,24)(H,25,26). The molecule has 12 heteroatoms. The normalized spacial score (nSPS) is 11.2. The van der Waals surface area contributed by atoms with Gasteiger partial charge in [0.2, 0.25) is 5.91 Å². The van der Waals surface area contributed by atoms with Gasteiger partial charge in [-0.05, 0) is 67.8 Å². The van der Waals surface area contributed by atoms with E-state index in [-0.39, 0.29) is 27.5 Å². The van der Waals surface area contributed by atoms with E-state index < -0.39 is 43.1 Å². The van der Waals surface area contributed by atoms with Crippen molar-refractivity contribution in [1.29, 1.82) is 0 Å². The monoisotopic (exact) mass is 704 g/mol. The molecule has 0 aliphatic heterocycles. The Hall–Kier alpha value is -0.300. The second-order valence-corrected chi connectivity index (χ2v) is 8.50. The summed E-state index contributed by atoms with van der Waals surface area (Å²) in [6, 6.07) is 0. The molecule has 0 saturated heterocycles. The molecule has 1 aromatic carbocycles. The van der Waals surface area contributed by atoms with Crippen molar-refractivity contribution in [3.63, 3.8) is 0 Å². The number of aromatic carboxylic acids is 1. The molecule has 0 aliphatic carbocycles. The third kappa shape index (κ3) is 4.94. The Bertz CT molecular complexity index is 743. The average Bonchev–Trinajstić information content (AvgIpc) is 2.56. The van der Waals surface area contributed by atoms with Crippen molar-refractivity contribution in [3.8, 4) is 0 Å². The Morgan fingerprint density at radius 3 is 1.77 bits per heavy atom. The first-order valence-corrected chi connectivity index (χ1v) is 10.1. The van der Waals surface area contributed by atoms with Crippen LogP contribution in [0, 0.1) is 10.7 Å². The number of amides is 2. The molecule has 9 nitrogen and oxygen atoms in total. The fourth-order valence-electron chi connectivity index (χ4n) is 1.91. The summed E-state index contributed by atoms with van der Waals surface area (Å²) in [4.78, 5) is 35.9. The van der Waals surface area contributed by atoms with Crippen molar-refractivity contribution in [3.05, 3.63) is 21.8 Å². The maximum atomic E-state index is 12.7. The molecule has 0 bridgehead atoms. The fraction of sp³-hybridized carbons (Fsp3) is 0.357. The zero-order valence-electron chi connectivity index (χ0n) is 13.3. The summed E-state index contributed by atoms with van der Waals surface area (Å²) in [5.74, 6) is -2.53. The van der Waals surface area contributed by atoms with Gasteiger partial charge in [0.15, 0.2) is 0 Å².